The summed E-state index contributed by atoms with van der Waals surface area (Å²) in [4.78, 5) is 5.48. The van der Waals surface area contributed by atoms with E-state index in [4.69, 9.17) is 4.55 Å². The van der Waals surface area contributed by atoms with Crippen molar-refractivity contribution in [3.05, 3.63) is 35.0 Å². The van der Waals surface area contributed by atoms with Gasteiger partial charge in [-0.25, -0.2) is 0 Å². The van der Waals surface area contributed by atoms with Crippen molar-refractivity contribution in [3.8, 4) is 0 Å². The molecule has 1 rings (SSSR count). The van der Waals surface area contributed by atoms with Gasteiger partial charge in [0.05, 0.1) is 4.88 Å². The number of thiophene rings is 1. The monoisotopic (exact) mass is 376 g/mol. The van der Waals surface area contributed by atoms with Gasteiger partial charge in [0.2, 0.25) is 0 Å². The number of hydrogen-bond acceptors (Lipinski definition) is 5. The molecular formula is C15H24N2O3S3. The fourth-order valence-electron chi connectivity index (χ4n) is 2.20. The van der Waals surface area contributed by atoms with Crippen molar-refractivity contribution in [1.82, 2.24) is 4.72 Å². The van der Waals surface area contributed by atoms with E-state index in [1.54, 1.807) is 30.1 Å². The van der Waals surface area contributed by atoms with E-state index in [2.05, 4.69) is 30.1 Å². The fourth-order valence-corrected chi connectivity index (χ4v) is 4.90. The summed E-state index contributed by atoms with van der Waals surface area (Å²) in [6.07, 6.45) is 1.51. The molecule has 0 saturated carbocycles. The molecule has 1 aromatic heterocycles. The minimum Gasteiger partial charge on any atom is -0.280 e. The molecule has 0 amide bonds. The second kappa shape index (κ2) is 8.98. The first-order valence-electron chi connectivity index (χ1n) is 7.24. The topological polar surface area (TPSA) is 78.8 Å². The number of rotatable bonds is 8. The van der Waals surface area contributed by atoms with Gasteiger partial charge in [0.25, 0.3) is 0 Å². The third kappa shape index (κ3) is 6.39. The Hall–Kier alpha value is -0.670. The van der Waals surface area contributed by atoms with E-state index in [0.717, 1.165) is 9.92 Å². The lowest BCUT2D eigenvalue weighted by Crippen LogP contribution is -2.41. The number of nitrogens with one attached hydrogen (secondary N) is 1. The van der Waals surface area contributed by atoms with Crippen LogP contribution in [0.5, 0.6) is 0 Å². The van der Waals surface area contributed by atoms with Crippen LogP contribution >= 0.6 is 23.1 Å². The van der Waals surface area contributed by atoms with Crippen molar-refractivity contribution in [3.63, 3.8) is 0 Å². The zero-order valence-corrected chi connectivity index (χ0v) is 16.2. The van der Waals surface area contributed by atoms with Crippen LogP contribution < -0.4 is 4.72 Å². The van der Waals surface area contributed by atoms with Crippen LogP contribution in [0.1, 0.15) is 25.6 Å². The van der Waals surface area contributed by atoms with Crippen LogP contribution in [-0.4, -0.2) is 36.4 Å². The summed E-state index contributed by atoms with van der Waals surface area (Å²) in [5, 5.41) is 3.21. The Bertz CT molecular complexity index is 626. The third-order valence-corrected chi connectivity index (χ3v) is 6.91. The quantitative estimate of drug-likeness (QED) is 0.315. The van der Waals surface area contributed by atoms with Crippen LogP contribution in [0, 0.1) is 11.8 Å². The van der Waals surface area contributed by atoms with E-state index in [1.807, 2.05) is 24.4 Å². The van der Waals surface area contributed by atoms with E-state index in [9.17, 15) is 8.42 Å². The van der Waals surface area contributed by atoms with E-state index < -0.39 is 16.3 Å². The van der Waals surface area contributed by atoms with Gasteiger partial charge >= 0.3 is 10.3 Å². The van der Waals surface area contributed by atoms with Crippen LogP contribution in [0.2, 0.25) is 0 Å². The molecule has 5 nitrogen and oxygen atoms in total. The first kappa shape index (κ1) is 20.4. The molecule has 4 atom stereocenters. The summed E-state index contributed by atoms with van der Waals surface area (Å²) in [5.74, 6) is 0.146. The number of thioether (sulfide) groups is 1. The molecule has 8 heteroatoms. The van der Waals surface area contributed by atoms with Gasteiger partial charge in [0.1, 0.15) is 5.04 Å². The highest BCUT2D eigenvalue weighted by Crippen LogP contribution is 2.31. The smallest absolute Gasteiger partial charge is 0.280 e. The molecule has 0 aliphatic carbocycles. The van der Waals surface area contributed by atoms with Crippen molar-refractivity contribution < 1.29 is 13.0 Å². The Kier molecular flexibility index (Phi) is 7.96. The molecule has 0 bridgehead atoms. The molecule has 130 valence electrons. The predicted octanol–water partition coefficient (Wildman–Crippen LogP) is 3.47. The molecule has 0 spiro atoms. The molecular weight excluding hydrogens is 352 g/mol. The molecule has 1 aromatic rings. The van der Waals surface area contributed by atoms with Gasteiger partial charge in [-0.2, -0.15) is 13.1 Å². The molecule has 0 radical (unpaired) electrons. The van der Waals surface area contributed by atoms with Gasteiger partial charge in [0.15, 0.2) is 0 Å². The normalized spacial score (nSPS) is 18.2. The Labute approximate surface area is 147 Å². The third-order valence-electron chi connectivity index (χ3n) is 3.91. The minimum atomic E-state index is -4.25. The molecule has 0 aliphatic heterocycles. The minimum absolute atomic E-state index is 0.0293. The molecule has 0 fully saturated rings. The lowest BCUT2D eigenvalue weighted by molar-refractivity contribution is 0.333. The number of hydrogen-bond donors (Lipinski definition) is 2. The highest BCUT2D eigenvalue weighted by atomic mass is 32.2. The van der Waals surface area contributed by atoms with Gasteiger partial charge in [-0.1, -0.05) is 32.9 Å². The van der Waals surface area contributed by atoms with E-state index in [1.165, 1.54) is 6.08 Å². The second-order valence-corrected chi connectivity index (χ2v) is 8.90. The Morgan fingerprint density at radius 1 is 1.43 bits per heavy atom. The summed E-state index contributed by atoms with van der Waals surface area (Å²) in [7, 11) is -2.48. The van der Waals surface area contributed by atoms with E-state index >= 15 is 0 Å². The zero-order chi connectivity index (χ0) is 17.6. The average Bonchev–Trinajstić information content (AvgIpc) is 3.01. The van der Waals surface area contributed by atoms with Crippen molar-refractivity contribution in [2.45, 2.75) is 32.1 Å². The van der Waals surface area contributed by atoms with Crippen molar-refractivity contribution >= 4 is 38.4 Å². The molecule has 0 saturated heterocycles. The molecule has 2 N–H and O–H groups in total. The molecule has 1 heterocycles. The summed E-state index contributed by atoms with van der Waals surface area (Å²) < 4.78 is 33.3. The first-order valence-corrected chi connectivity index (χ1v) is 10.4. The fraction of sp³-hybridized carbons (Fsp3) is 0.533. The summed E-state index contributed by atoms with van der Waals surface area (Å²) in [6, 6.07) is 3.51. The maximum atomic E-state index is 11.1. The number of nitrogens with zero attached hydrogens (tertiary/aromatic N) is 1. The summed E-state index contributed by atoms with van der Waals surface area (Å²) in [5.41, 5.74) is 0. The van der Waals surface area contributed by atoms with Gasteiger partial charge in [-0.3, -0.25) is 9.55 Å². The first-order chi connectivity index (χ1) is 10.7. The standard InChI is InChI=1S/C15H24N2O3S3/c1-6-13(17-23(18,19)20)11(3)10(2)12(4)22-15(16-5)14-8-7-9-21-14/h6-13,17H,1H2,2-5H3,(H,18,19,20)/b16-15-/t10-,11+,12+,13?/m0/s1. The van der Waals surface area contributed by atoms with Crippen LogP contribution in [0.25, 0.3) is 0 Å². The van der Waals surface area contributed by atoms with Crippen molar-refractivity contribution in [2.24, 2.45) is 16.8 Å². The molecule has 23 heavy (non-hydrogen) atoms. The second-order valence-electron chi connectivity index (χ2n) is 5.40. The lowest BCUT2D eigenvalue weighted by atomic mass is 9.87. The Balaban J connectivity index is 2.78. The Morgan fingerprint density at radius 3 is 2.52 bits per heavy atom. The maximum Gasteiger partial charge on any atom is 0.333 e. The van der Waals surface area contributed by atoms with Crippen LogP contribution in [0.4, 0.5) is 0 Å². The van der Waals surface area contributed by atoms with Crippen LogP contribution in [0.15, 0.2) is 35.2 Å². The SMILES string of the molecule is C=CC(NS(=O)(=O)O)[C@H](C)[C@H](C)[C@@H](C)S/C(=N\C)c1cccs1. The number of aliphatic imine (C=N–C) groups is 1. The molecule has 1 unspecified atom stereocenters. The van der Waals surface area contributed by atoms with Crippen molar-refractivity contribution in [2.75, 3.05) is 7.05 Å². The highest BCUT2D eigenvalue weighted by molar-refractivity contribution is 8.15. The molecule has 0 aliphatic rings. The highest BCUT2D eigenvalue weighted by Gasteiger charge is 2.28. The van der Waals surface area contributed by atoms with Crippen LogP contribution in [0.3, 0.4) is 0 Å². The van der Waals surface area contributed by atoms with Gasteiger partial charge < -0.3 is 0 Å². The summed E-state index contributed by atoms with van der Waals surface area (Å²) in [6.45, 7) is 9.76. The summed E-state index contributed by atoms with van der Waals surface area (Å²) >= 11 is 3.31. The Morgan fingerprint density at radius 2 is 2.09 bits per heavy atom. The maximum absolute atomic E-state index is 11.1. The van der Waals surface area contributed by atoms with E-state index in [0.29, 0.717) is 0 Å². The van der Waals surface area contributed by atoms with Gasteiger partial charge in [0, 0.05) is 18.3 Å². The van der Waals surface area contributed by atoms with Gasteiger partial charge in [-0.05, 0) is 23.3 Å². The average molecular weight is 377 g/mol. The largest absolute Gasteiger partial charge is 0.333 e. The zero-order valence-electron chi connectivity index (χ0n) is 13.8. The van der Waals surface area contributed by atoms with Crippen LogP contribution in [-0.2, 0) is 10.3 Å². The molecule has 0 aromatic carbocycles. The lowest BCUT2D eigenvalue weighted by Gasteiger charge is -2.30. The predicted molar refractivity (Wildman–Crippen MR) is 101 cm³/mol. The van der Waals surface area contributed by atoms with E-state index in [-0.39, 0.29) is 17.1 Å². The van der Waals surface area contributed by atoms with Crippen molar-refractivity contribution in [1.29, 1.82) is 0 Å². The van der Waals surface area contributed by atoms with Gasteiger partial charge in [-0.15, -0.1) is 29.7 Å².